The summed E-state index contributed by atoms with van der Waals surface area (Å²) < 4.78 is 40.1. The van der Waals surface area contributed by atoms with E-state index in [0.29, 0.717) is 9.50 Å². The average molecular weight is 443 g/mol. The van der Waals surface area contributed by atoms with Crippen LogP contribution in [-0.2, 0) is 12.7 Å². The third-order valence-corrected chi connectivity index (χ3v) is 4.48. The van der Waals surface area contributed by atoms with Crippen molar-refractivity contribution >= 4 is 49.1 Å². The highest BCUT2D eigenvalue weighted by molar-refractivity contribution is 9.10. The molecule has 7 heteroatoms. The molecule has 0 spiro atoms. The third kappa shape index (κ3) is 4.37. The largest absolute Gasteiger partial charge is 0.418 e. The molecule has 0 aliphatic heterocycles. The van der Waals surface area contributed by atoms with Crippen molar-refractivity contribution in [2.24, 2.45) is 0 Å². The zero-order valence-corrected chi connectivity index (χ0v) is 14.4. The summed E-state index contributed by atoms with van der Waals surface area (Å²) in [6.07, 6.45) is -4.41. The molecule has 2 aromatic carbocycles. The van der Waals surface area contributed by atoms with Crippen molar-refractivity contribution in [3.8, 4) is 0 Å². The van der Waals surface area contributed by atoms with E-state index in [1.165, 1.54) is 6.07 Å². The van der Waals surface area contributed by atoms with Crippen LogP contribution >= 0.6 is 43.5 Å². The summed E-state index contributed by atoms with van der Waals surface area (Å²) >= 11 is 12.3. The van der Waals surface area contributed by atoms with Crippen LogP contribution in [0.15, 0.2) is 45.3 Å². The van der Waals surface area contributed by atoms with Crippen molar-refractivity contribution in [1.82, 2.24) is 0 Å². The maximum Gasteiger partial charge on any atom is 0.418 e. The van der Waals surface area contributed by atoms with Crippen molar-refractivity contribution in [1.29, 1.82) is 0 Å². The van der Waals surface area contributed by atoms with Gasteiger partial charge in [-0.15, -0.1) is 0 Å². The van der Waals surface area contributed by atoms with E-state index in [1.54, 1.807) is 24.3 Å². The van der Waals surface area contributed by atoms with Gasteiger partial charge in [0.25, 0.3) is 0 Å². The van der Waals surface area contributed by atoms with Gasteiger partial charge in [-0.05, 0) is 51.8 Å². The molecule has 1 nitrogen and oxygen atoms in total. The van der Waals surface area contributed by atoms with Gasteiger partial charge in [-0.3, -0.25) is 0 Å². The second kappa shape index (κ2) is 6.58. The zero-order chi connectivity index (χ0) is 15.6. The number of halogens is 6. The second-order valence-electron chi connectivity index (χ2n) is 4.29. The molecule has 0 saturated heterocycles. The highest BCUT2D eigenvalue weighted by atomic mass is 79.9. The maximum absolute atomic E-state index is 13.0. The third-order valence-electron chi connectivity index (χ3n) is 2.75. The van der Waals surface area contributed by atoms with E-state index < -0.39 is 11.7 Å². The number of hydrogen-bond donors (Lipinski definition) is 1. The highest BCUT2D eigenvalue weighted by Crippen LogP contribution is 2.36. The van der Waals surface area contributed by atoms with E-state index in [4.69, 9.17) is 11.6 Å². The number of rotatable bonds is 3. The molecule has 0 heterocycles. The van der Waals surface area contributed by atoms with Crippen LogP contribution in [0.5, 0.6) is 0 Å². The summed E-state index contributed by atoms with van der Waals surface area (Å²) in [7, 11) is 0. The Labute approximate surface area is 141 Å². The first kappa shape index (κ1) is 16.6. The van der Waals surface area contributed by atoms with E-state index in [0.717, 1.165) is 16.1 Å². The summed E-state index contributed by atoms with van der Waals surface area (Å²) in [6, 6.07) is 9.25. The van der Waals surface area contributed by atoms with E-state index in [2.05, 4.69) is 37.2 Å². The number of benzene rings is 2. The van der Waals surface area contributed by atoms with Crippen molar-refractivity contribution in [3.05, 3.63) is 61.5 Å². The Hall–Kier alpha value is -0.720. The number of anilines is 1. The Bertz CT molecular complexity index is 659. The molecular weight excluding hydrogens is 434 g/mol. The quantitative estimate of drug-likeness (QED) is 0.571. The molecule has 2 rings (SSSR count). The summed E-state index contributed by atoms with van der Waals surface area (Å²) in [5, 5.41) is 3.31. The lowest BCUT2D eigenvalue weighted by Crippen LogP contribution is -2.11. The molecule has 21 heavy (non-hydrogen) atoms. The van der Waals surface area contributed by atoms with Crippen molar-refractivity contribution < 1.29 is 13.2 Å². The van der Waals surface area contributed by atoms with Crippen LogP contribution in [0, 0.1) is 0 Å². The lowest BCUT2D eigenvalue weighted by atomic mass is 10.1. The Morgan fingerprint density at radius 2 is 1.76 bits per heavy atom. The number of alkyl halides is 3. The van der Waals surface area contributed by atoms with E-state index in [9.17, 15) is 13.2 Å². The van der Waals surface area contributed by atoms with Crippen molar-refractivity contribution in [2.75, 3.05) is 5.32 Å². The molecule has 0 fully saturated rings. The van der Waals surface area contributed by atoms with Crippen molar-refractivity contribution in [3.63, 3.8) is 0 Å². The Balaban J connectivity index is 2.22. The molecule has 0 unspecified atom stereocenters. The zero-order valence-electron chi connectivity index (χ0n) is 10.4. The number of nitrogens with one attached hydrogen (secondary N) is 1. The molecule has 0 aliphatic carbocycles. The van der Waals surface area contributed by atoms with Gasteiger partial charge in [0.05, 0.1) is 10.6 Å². The minimum Gasteiger partial charge on any atom is -0.380 e. The van der Waals surface area contributed by atoms with Crippen LogP contribution in [0.1, 0.15) is 11.1 Å². The first-order chi connectivity index (χ1) is 9.77. The first-order valence-corrected chi connectivity index (χ1v) is 7.78. The SMILES string of the molecule is FC(F)(F)c1cc(Br)ccc1NCc1ccc(Br)c(Cl)c1. The summed E-state index contributed by atoms with van der Waals surface area (Å²) in [5.74, 6) is 0. The molecule has 2 aromatic rings. The molecule has 1 N–H and O–H groups in total. The van der Waals surface area contributed by atoms with Gasteiger partial charge in [0, 0.05) is 21.2 Å². The predicted molar refractivity (Wildman–Crippen MR) is 85.6 cm³/mol. The Morgan fingerprint density at radius 3 is 2.38 bits per heavy atom. The highest BCUT2D eigenvalue weighted by Gasteiger charge is 2.33. The van der Waals surface area contributed by atoms with Crippen LogP contribution in [0.3, 0.4) is 0 Å². The topological polar surface area (TPSA) is 12.0 Å². The lowest BCUT2D eigenvalue weighted by molar-refractivity contribution is -0.137. The fourth-order valence-corrected chi connectivity index (χ4v) is 2.56. The van der Waals surface area contributed by atoms with E-state index in [-0.39, 0.29) is 12.2 Å². The van der Waals surface area contributed by atoms with Gasteiger partial charge in [-0.1, -0.05) is 33.6 Å². The van der Waals surface area contributed by atoms with E-state index in [1.807, 2.05) is 0 Å². The van der Waals surface area contributed by atoms with Gasteiger partial charge in [-0.25, -0.2) is 0 Å². The molecule has 0 aliphatic rings. The van der Waals surface area contributed by atoms with Crippen LogP contribution in [0.25, 0.3) is 0 Å². The fraction of sp³-hybridized carbons (Fsp3) is 0.143. The molecule has 0 bridgehead atoms. The molecule has 0 amide bonds. The standard InChI is InChI=1S/C14H9Br2ClF3N/c15-9-2-4-13(10(6-9)14(18,19)20)21-7-8-1-3-11(16)12(17)5-8/h1-6,21H,7H2. The fourth-order valence-electron chi connectivity index (χ4n) is 1.75. The molecular formula is C14H9Br2ClF3N. The Kier molecular flexibility index (Phi) is 5.22. The smallest absolute Gasteiger partial charge is 0.380 e. The van der Waals surface area contributed by atoms with Gasteiger partial charge in [0.1, 0.15) is 0 Å². The molecule has 0 atom stereocenters. The molecule has 112 valence electrons. The van der Waals surface area contributed by atoms with Crippen LogP contribution in [0.2, 0.25) is 5.02 Å². The monoisotopic (exact) mass is 441 g/mol. The minimum absolute atomic E-state index is 0.0322. The molecule has 0 radical (unpaired) electrons. The van der Waals surface area contributed by atoms with Gasteiger partial charge in [0.15, 0.2) is 0 Å². The van der Waals surface area contributed by atoms with Gasteiger partial charge < -0.3 is 5.32 Å². The van der Waals surface area contributed by atoms with Crippen LogP contribution in [0.4, 0.5) is 18.9 Å². The summed E-state index contributed by atoms with van der Waals surface area (Å²) in [6.45, 7) is 0.248. The van der Waals surface area contributed by atoms with Gasteiger partial charge in [0.2, 0.25) is 0 Å². The summed E-state index contributed by atoms with van der Waals surface area (Å²) in [4.78, 5) is 0. The lowest BCUT2D eigenvalue weighted by Gasteiger charge is -2.15. The summed E-state index contributed by atoms with van der Waals surface area (Å²) in [5.41, 5.74) is 0.115. The van der Waals surface area contributed by atoms with Crippen LogP contribution in [-0.4, -0.2) is 0 Å². The van der Waals surface area contributed by atoms with Gasteiger partial charge in [-0.2, -0.15) is 13.2 Å². The van der Waals surface area contributed by atoms with Gasteiger partial charge >= 0.3 is 6.18 Å². The normalized spacial score (nSPS) is 11.5. The van der Waals surface area contributed by atoms with Crippen molar-refractivity contribution in [2.45, 2.75) is 12.7 Å². The van der Waals surface area contributed by atoms with E-state index >= 15 is 0 Å². The Morgan fingerprint density at radius 1 is 1.05 bits per heavy atom. The maximum atomic E-state index is 13.0. The second-order valence-corrected chi connectivity index (χ2v) is 6.47. The first-order valence-electron chi connectivity index (χ1n) is 5.82. The minimum atomic E-state index is -4.41. The predicted octanol–water partition coefficient (Wildman–Crippen LogP) is 6.50. The average Bonchev–Trinajstić information content (AvgIpc) is 2.40. The van der Waals surface area contributed by atoms with Crippen LogP contribution < -0.4 is 5.32 Å². The number of hydrogen-bond acceptors (Lipinski definition) is 1. The molecule has 0 saturated carbocycles. The molecule has 0 aromatic heterocycles.